The standard InChI is InChI=1S/C28H43N5O5S/c1-21-19-23(32(3)27(29)36)20-22(2)24(21)12-18-39(37,38)33-15-13-28(14-16-33)26(35)30-25(31-28)11-9-7-5-4-6-8-10-17-34/h12,18-20,34H,4-11,13-17H2,1-3H3,(H2,29,36)(H,30,31,35). The highest BCUT2D eigenvalue weighted by Crippen LogP contribution is 2.32. The number of aliphatic hydroxyl groups excluding tert-OH is 1. The molecule has 11 heteroatoms. The third kappa shape index (κ3) is 7.89. The number of urea groups is 1. The van der Waals surface area contributed by atoms with Crippen LogP contribution >= 0.6 is 0 Å². The number of nitrogens with one attached hydrogen (secondary N) is 1. The van der Waals surface area contributed by atoms with Crippen molar-refractivity contribution >= 4 is 39.6 Å². The van der Waals surface area contributed by atoms with Gasteiger partial charge in [0.1, 0.15) is 11.4 Å². The highest BCUT2D eigenvalue weighted by Gasteiger charge is 2.46. The fraction of sp³-hybridized carbons (Fsp3) is 0.607. The number of hydrogen-bond donors (Lipinski definition) is 3. The van der Waals surface area contributed by atoms with Crippen LogP contribution in [-0.2, 0) is 14.8 Å². The summed E-state index contributed by atoms with van der Waals surface area (Å²) < 4.78 is 27.6. The summed E-state index contributed by atoms with van der Waals surface area (Å²) in [6.45, 7) is 4.43. The molecular weight excluding hydrogens is 518 g/mol. The number of hydrogen-bond acceptors (Lipinski definition) is 6. The second kappa shape index (κ2) is 13.5. The molecule has 3 rings (SSSR count). The van der Waals surface area contributed by atoms with Crippen molar-refractivity contribution in [1.82, 2.24) is 9.62 Å². The normalized spacial score (nSPS) is 17.5. The molecule has 0 unspecified atom stereocenters. The number of carbonyl (C=O) groups is 2. The van der Waals surface area contributed by atoms with Gasteiger partial charge in [-0.05, 0) is 74.4 Å². The summed E-state index contributed by atoms with van der Waals surface area (Å²) >= 11 is 0. The molecule has 216 valence electrons. The third-order valence-electron chi connectivity index (χ3n) is 7.71. The number of amides is 3. The second-order valence-corrected chi connectivity index (χ2v) is 12.4. The van der Waals surface area contributed by atoms with E-state index in [0.717, 1.165) is 68.1 Å². The van der Waals surface area contributed by atoms with E-state index in [1.807, 2.05) is 13.8 Å². The largest absolute Gasteiger partial charge is 0.396 e. The molecule has 1 saturated heterocycles. The molecule has 0 radical (unpaired) electrons. The predicted octanol–water partition coefficient (Wildman–Crippen LogP) is 3.59. The van der Waals surface area contributed by atoms with E-state index in [9.17, 15) is 18.0 Å². The third-order valence-corrected chi connectivity index (χ3v) is 9.28. The topological polar surface area (TPSA) is 145 Å². The number of unbranched alkanes of at least 4 members (excludes halogenated alkanes) is 6. The van der Waals surface area contributed by atoms with Crippen LogP contribution in [0.4, 0.5) is 10.5 Å². The Kier molecular flexibility index (Phi) is 10.7. The lowest BCUT2D eigenvalue weighted by Gasteiger charge is -2.34. The van der Waals surface area contributed by atoms with Crippen LogP contribution in [0.3, 0.4) is 0 Å². The minimum Gasteiger partial charge on any atom is -0.396 e. The molecule has 2 aliphatic rings. The molecule has 4 N–H and O–H groups in total. The number of rotatable bonds is 13. The van der Waals surface area contributed by atoms with Gasteiger partial charge in [-0.15, -0.1) is 0 Å². The van der Waals surface area contributed by atoms with Crippen molar-refractivity contribution < 1.29 is 23.1 Å². The molecule has 2 aliphatic heterocycles. The Bertz CT molecular complexity index is 1180. The van der Waals surface area contributed by atoms with Gasteiger partial charge >= 0.3 is 6.03 Å². The summed E-state index contributed by atoms with van der Waals surface area (Å²) in [5.41, 5.74) is 7.56. The van der Waals surface area contributed by atoms with Crippen LogP contribution in [0.1, 0.15) is 80.9 Å². The predicted molar refractivity (Wildman–Crippen MR) is 155 cm³/mol. The number of anilines is 1. The van der Waals surface area contributed by atoms with Crippen LogP contribution in [0.15, 0.2) is 22.5 Å². The lowest BCUT2D eigenvalue weighted by Crippen LogP contribution is -2.50. The Labute approximate surface area is 232 Å². The molecule has 39 heavy (non-hydrogen) atoms. The second-order valence-electron chi connectivity index (χ2n) is 10.6. The minimum absolute atomic E-state index is 0.124. The molecule has 3 amide bonds. The van der Waals surface area contributed by atoms with Gasteiger partial charge < -0.3 is 16.2 Å². The number of primary amides is 1. The van der Waals surface area contributed by atoms with Gasteiger partial charge in [0.05, 0.1) is 0 Å². The van der Waals surface area contributed by atoms with E-state index in [1.165, 1.54) is 14.6 Å². The minimum atomic E-state index is -3.69. The summed E-state index contributed by atoms with van der Waals surface area (Å²) in [5, 5.41) is 13.0. The number of amidine groups is 1. The van der Waals surface area contributed by atoms with E-state index >= 15 is 0 Å². The molecule has 0 bridgehead atoms. The molecule has 0 saturated carbocycles. The maximum atomic E-state index is 13.1. The number of nitrogens with zero attached hydrogens (tertiary/aromatic N) is 3. The monoisotopic (exact) mass is 561 g/mol. The van der Waals surface area contributed by atoms with E-state index < -0.39 is 21.6 Å². The first kappa shape index (κ1) is 30.8. The summed E-state index contributed by atoms with van der Waals surface area (Å²) in [4.78, 5) is 30.4. The maximum Gasteiger partial charge on any atom is 0.318 e. The number of aliphatic hydroxyl groups is 1. The van der Waals surface area contributed by atoms with Crippen LogP contribution < -0.4 is 16.0 Å². The number of sulfonamides is 1. The molecule has 0 aliphatic carbocycles. The van der Waals surface area contributed by atoms with Gasteiger partial charge in [0.15, 0.2) is 0 Å². The molecule has 0 atom stereocenters. The van der Waals surface area contributed by atoms with Crippen LogP contribution in [0, 0.1) is 13.8 Å². The van der Waals surface area contributed by atoms with Crippen molar-refractivity contribution in [2.75, 3.05) is 31.6 Å². The average molecular weight is 562 g/mol. The van der Waals surface area contributed by atoms with Crippen LogP contribution in [0.5, 0.6) is 0 Å². The molecule has 1 aromatic rings. The number of aryl methyl sites for hydroxylation is 2. The van der Waals surface area contributed by atoms with E-state index in [-0.39, 0.29) is 25.6 Å². The van der Waals surface area contributed by atoms with Gasteiger partial charge in [-0.1, -0.05) is 32.1 Å². The molecular formula is C28H43N5O5S. The quantitative estimate of drug-likeness (QED) is 0.315. The number of carbonyl (C=O) groups excluding carboxylic acids is 2. The lowest BCUT2D eigenvalue weighted by molar-refractivity contribution is -0.124. The van der Waals surface area contributed by atoms with E-state index in [2.05, 4.69) is 5.32 Å². The lowest BCUT2D eigenvalue weighted by atomic mass is 9.89. The Morgan fingerprint density at radius 3 is 2.23 bits per heavy atom. The average Bonchev–Trinajstić information content (AvgIpc) is 3.18. The Balaban J connectivity index is 1.55. The van der Waals surface area contributed by atoms with E-state index in [0.29, 0.717) is 24.4 Å². The Morgan fingerprint density at radius 2 is 1.67 bits per heavy atom. The maximum absolute atomic E-state index is 13.1. The van der Waals surface area contributed by atoms with Crippen molar-refractivity contribution in [2.45, 2.75) is 83.6 Å². The van der Waals surface area contributed by atoms with Crippen LogP contribution in [-0.4, -0.2) is 67.9 Å². The number of nitrogens with two attached hydrogens (primary N) is 1. The first-order chi connectivity index (χ1) is 18.5. The summed E-state index contributed by atoms with van der Waals surface area (Å²) in [6, 6.07) is 3.01. The Hall–Kier alpha value is -2.76. The molecule has 1 spiro atoms. The van der Waals surface area contributed by atoms with Gasteiger partial charge in [0.2, 0.25) is 10.0 Å². The molecule has 10 nitrogen and oxygen atoms in total. The number of benzene rings is 1. The van der Waals surface area contributed by atoms with E-state index in [4.69, 9.17) is 15.8 Å². The highest BCUT2D eigenvalue weighted by atomic mass is 32.2. The first-order valence-electron chi connectivity index (χ1n) is 13.8. The van der Waals surface area contributed by atoms with E-state index in [1.54, 1.807) is 25.3 Å². The first-order valence-corrected chi connectivity index (χ1v) is 15.3. The molecule has 0 aromatic heterocycles. The smallest absolute Gasteiger partial charge is 0.318 e. The summed E-state index contributed by atoms with van der Waals surface area (Å²) in [5.74, 6) is 0.592. The fourth-order valence-corrected chi connectivity index (χ4v) is 6.39. The van der Waals surface area contributed by atoms with Gasteiger partial charge in [0, 0.05) is 44.3 Å². The van der Waals surface area contributed by atoms with Crippen molar-refractivity contribution in [3.05, 3.63) is 34.2 Å². The van der Waals surface area contributed by atoms with Crippen molar-refractivity contribution in [1.29, 1.82) is 0 Å². The van der Waals surface area contributed by atoms with Gasteiger partial charge in [-0.25, -0.2) is 13.2 Å². The van der Waals surface area contributed by atoms with Gasteiger partial charge in [0.25, 0.3) is 5.91 Å². The number of aliphatic imine (C=N–C) groups is 1. The molecule has 1 fully saturated rings. The summed E-state index contributed by atoms with van der Waals surface area (Å²) in [7, 11) is -2.10. The van der Waals surface area contributed by atoms with Gasteiger partial charge in [-0.3, -0.25) is 14.7 Å². The van der Waals surface area contributed by atoms with Crippen molar-refractivity contribution in [3.8, 4) is 0 Å². The zero-order valence-corrected chi connectivity index (χ0v) is 24.2. The zero-order valence-electron chi connectivity index (χ0n) is 23.4. The SMILES string of the molecule is Cc1cc(N(C)C(N)=O)cc(C)c1C=CS(=O)(=O)N1CCC2(CC1)N=C(CCCCCCCCCO)NC2=O. The number of piperidine rings is 1. The van der Waals surface area contributed by atoms with Crippen LogP contribution in [0.2, 0.25) is 0 Å². The molecule has 2 heterocycles. The summed E-state index contributed by atoms with van der Waals surface area (Å²) in [6.07, 6.45) is 10.4. The van der Waals surface area contributed by atoms with Gasteiger partial charge in [-0.2, -0.15) is 4.31 Å². The molecule has 1 aromatic carbocycles. The van der Waals surface area contributed by atoms with Crippen molar-refractivity contribution in [3.63, 3.8) is 0 Å². The fourth-order valence-electron chi connectivity index (χ4n) is 5.22. The zero-order chi connectivity index (χ0) is 28.6. The Morgan fingerprint density at radius 1 is 1.10 bits per heavy atom. The van der Waals surface area contributed by atoms with Crippen molar-refractivity contribution in [2.24, 2.45) is 10.7 Å². The van der Waals surface area contributed by atoms with Crippen LogP contribution in [0.25, 0.3) is 6.08 Å². The highest BCUT2D eigenvalue weighted by molar-refractivity contribution is 7.92.